The van der Waals surface area contributed by atoms with Gasteiger partial charge < -0.3 is 9.47 Å². The van der Waals surface area contributed by atoms with Crippen LogP contribution in [-0.2, 0) is 0 Å². The molecule has 0 bridgehead atoms. The van der Waals surface area contributed by atoms with E-state index in [-0.39, 0.29) is 0 Å². The normalized spacial score (nSPS) is 10.1. The molecule has 1 heterocycles. The first-order valence-electron chi connectivity index (χ1n) is 4.32. The number of methoxy groups -OCH3 is 2. The van der Waals surface area contributed by atoms with Crippen LogP contribution in [0.4, 0.5) is 0 Å². The lowest BCUT2D eigenvalue weighted by molar-refractivity contribution is 0.358. The molecule has 1 aromatic carbocycles. The minimum Gasteiger partial charge on any atom is -0.493 e. The van der Waals surface area contributed by atoms with Crippen LogP contribution in [0.3, 0.4) is 0 Å². The van der Waals surface area contributed by atoms with Gasteiger partial charge in [-0.3, -0.25) is 4.98 Å². The molecule has 0 saturated carbocycles. The molecule has 14 heavy (non-hydrogen) atoms. The summed E-state index contributed by atoms with van der Waals surface area (Å²) in [4.78, 5) is 4.26. The Morgan fingerprint density at radius 1 is 1.07 bits per heavy atom. The standard InChI is InChI=1S/C11H11NO2/c1-13-9-6-5-8-4-3-7-12-10(8)11(9)14-2/h3-7H,1-2H3. The molecule has 1 aromatic heterocycles. The number of aromatic nitrogens is 1. The van der Waals surface area contributed by atoms with Crippen molar-refractivity contribution in [3.8, 4) is 11.5 Å². The number of ether oxygens (including phenoxy) is 2. The Labute approximate surface area is 82.3 Å². The fourth-order valence-corrected chi connectivity index (χ4v) is 1.46. The highest BCUT2D eigenvalue weighted by molar-refractivity contribution is 5.86. The van der Waals surface area contributed by atoms with Gasteiger partial charge in [-0.2, -0.15) is 0 Å². The Morgan fingerprint density at radius 3 is 2.64 bits per heavy atom. The summed E-state index contributed by atoms with van der Waals surface area (Å²) >= 11 is 0. The quantitative estimate of drug-likeness (QED) is 0.726. The highest BCUT2D eigenvalue weighted by Crippen LogP contribution is 2.33. The van der Waals surface area contributed by atoms with Crippen molar-refractivity contribution >= 4 is 10.9 Å². The monoisotopic (exact) mass is 189 g/mol. The van der Waals surface area contributed by atoms with Gasteiger partial charge in [-0.1, -0.05) is 6.07 Å². The van der Waals surface area contributed by atoms with Crippen molar-refractivity contribution in [2.24, 2.45) is 0 Å². The van der Waals surface area contributed by atoms with E-state index in [9.17, 15) is 0 Å². The Kier molecular flexibility index (Phi) is 2.23. The van der Waals surface area contributed by atoms with E-state index in [1.165, 1.54) is 0 Å². The van der Waals surface area contributed by atoms with E-state index < -0.39 is 0 Å². The molecule has 0 unspecified atom stereocenters. The van der Waals surface area contributed by atoms with Crippen LogP contribution in [0.15, 0.2) is 30.5 Å². The number of nitrogens with zero attached hydrogens (tertiary/aromatic N) is 1. The number of rotatable bonds is 2. The van der Waals surface area contributed by atoms with Gasteiger partial charge >= 0.3 is 0 Å². The summed E-state index contributed by atoms with van der Waals surface area (Å²) in [5.41, 5.74) is 0.828. The molecule has 3 heteroatoms. The van der Waals surface area contributed by atoms with Crippen LogP contribution >= 0.6 is 0 Å². The van der Waals surface area contributed by atoms with Gasteiger partial charge in [-0.15, -0.1) is 0 Å². The Bertz CT molecular complexity index is 454. The van der Waals surface area contributed by atoms with E-state index in [1.54, 1.807) is 20.4 Å². The van der Waals surface area contributed by atoms with Crippen molar-refractivity contribution in [3.05, 3.63) is 30.5 Å². The first-order valence-corrected chi connectivity index (χ1v) is 4.32. The zero-order valence-electron chi connectivity index (χ0n) is 8.15. The molecule has 0 N–H and O–H groups in total. The minimum absolute atomic E-state index is 0.686. The predicted molar refractivity (Wildman–Crippen MR) is 54.8 cm³/mol. The second kappa shape index (κ2) is 3.54. The van der Waals surface area contributed by atoms with Gasteiger partial charge in [0.05, 0.1) is 14.2 Å². The third-order valence-electron chi connectivity index (χ3n) is 2.12. The molecule has 3 nitrogen and oxygen atoms in total. The van der Waals surface area contributed by atoms with Gasteiger partial charge in [0.1, 0.15) is 5.52 Å². The topological polar surface area (TPSA) is 31.4 Å². The van der Waals surface area contributed by atoms with Crippen LogP contribution in [0.5, 0.6) is 11.5 Å². The lowest BCUT2D eigenvalue weighted by atomic mass is 10.2. The van der Waals surface area contributed by atoms with E-state index in [0.717, 1.165) is 10.9 Å². The summed E-state index contributed by atoms with van der Waals surface area (Å²) in [5.74, 6) is 1.39. The highest BCUT2D eigenvalue weighted by atomic mass is 16.5. The second-order valence-electron chi connectivity index (χ2n) is 2.88. The molecule has 0 radical (unpaired) electrons. The van der Waals surface area contributed by atoms with Gasteiger partial charge in [-0.05, 0) is 18.2 Å². The average Bonchev–Trinajstić information content (AvgIpc) is 2.27. The van der Waals surface area contributed by atoms with Crippen LogP contribution in [0.25, 0.3) is 10.9 Å². The maximum Gasteiger partial charge on any atom is 0.187 e. The first-order chi connectivity index (χ1) is 6.86. The van der Waals surface area contributed by atoms with E-state index in [0.29, 0.717) is 11.5 Å². The molecular formula is C11H11NO2. The average molecular weight is 189 g/mol. The Balaban J connectivity index is 2.77. The van der Waals surface area contributed by atoms with E-state index in [4.69, 9.17) is 9.47 Å². The molecule has 2 aromatic rings. The van der Waals surface area contributed by atoms with Gasteiger partial charge in [0.2, 0.25) is 0 Å². The lowest BCUT2D eigenvalue weighted by Gasteiger charge is -2.09. The van der Waals surface area contributed by atoms with Crippen LogP contribution in [0.1, 0.15) is 0 Å². The zero-order valence-corrected chi connectivity index (χ0v) is 8.15. The molecule has 0 amide bonds. The zero-order chi connectivity index (χ0) is 9.97. The molecule has 72 valence electrons. The molecule has 0 saturated heterocycles. The smallest absolute Gasteiger partial charge is 0.187 e. The summed E-state index contributed by atoms with van der Waals surface area (Å²) in [6.45, 7) is 0. The number of benzene rings is 1. The fraction of sp³-hybridized carbons (Fsp3) is 0.182. The molecule has 0 aliphatic rings. The molecule has 0 fully saturated rings. The Morgan fingerprint density at radius 2 is 1.93 bits per heavy atom. The molecule has 2 rings (SSSR count). The molecule has 0 aliphatic carbocycles. The van der Waals surface area contributed by atoms with Crippen LogP contribution in [-0.4, -0.2) is 19.2 Å². The van der Waals surface area contributed by atoms with Gasteiger partial charge in [-0.25, -0.2) is 0 Å². The molecule has 0 atom stereocenters. The number of pyridine rings is 1. The van der Waals surface area contributed by atoms with Crippen LogP contribution < -0.4 is 9.47 Å². The Hall–Kier alpha value is -1.77. The lowest BCUT2D eigenvalue weighted by Crippen LogP contribution is -1.92. The van der Waals surface area contributed by atoms with Crippen molar-refractivity contribution < 1.29 is 9.47 Å². The minimum atomic E-state index is 0.686. The van der Waals surface area contributed by atoms with Crippen molar-refractivity contribution in [3.63, 3.8) is 0 Å². The summed E-state index contributed by atoms with van der Waals surface area (Å²) in [5, 5.41) is 1.05. The van der Waals surface area contributed by atoms with Crippen molar-refractivity contribution in [2.45, 2.75) is 0 Å². The molecular weight excluding hydrogens is 178 g/mol. The number of hydrogen-bond acceptors (Lipinski definition) is 3. The third kappa shape index (κ3) is 1.27. The van der Waals surface area contributed by atoms with Crippen molar-refractivity contribution in [2.75, 3.05) is 14.2 Å². The van der Waals surface area contributed by atoms with Crippen molar-refractivity contribution in [1.29, 1.82) is 0 Å². The van der Waals surface area contributed by atoms with Crippen LogP contribution in [0, 0.1) is 0 Å². The number of hydrogen-bond donors (Lipinski definition) is 0. The fourth-order valence-electron chi connectivity index (χ4n) is 1.46. The van der Waals surface area contributed by atoms with Crippen LogP contribution in [0.2, 0.25) is 0 Å². The summed E-state index contributed by atoms with van der Waals surface area (Å²) in [6.07, 6.45) is 1.74. The van der Waals surface area contributed by atoms with E-state index >= 15 is 0 Å². The second-order valence-corrected chi connectivity index (χ2v) is 2.88. The molecule has 0 aliphatic heterocycles. The summed E-state index contributed by atoms with van der Waals surface area (Å²) in [6, 6.07) is 7.73. The summed E-state index contributed by atoms with van der Waals surface area (Å²) in [7, 11) is 3.23. The maximum absolute atomic E-state index is 5.26. The summed E-state index contributed by atoms with van der Waals surface area (Å²) < 4.78 is 10.4. The van der Waals surface area contributed by atoms with E-state index in [2.05, 4.69) is 4.98 Å². The van der Waals surface area contributed by atoms with Crippen molar-refractivity contribution in [1.82, 2.24) is 4.98 Å². The van der Waals surface area contributed by atoms with Gasteiger partial charge in [0.25, 0.3) is 0 Å². The maximum atomic E-state index is 5.26. The number of fused-ring (bicyclic) bond motifs is 1. The first kappa shape index (κ1) is 8.81. The largest absolute Gasteiger partial charge is 0.493 e. The SMILES string of the molecule is COc1ccc2cccnc2c1OC. The highest BCUT2D eigenvalue weighted by Gasteiger charge is 2.08. The van der Waals surface area contributed by atoms with Gasteiger partial charge in [0, 0.05) is 11.6 Å². The molecule has 0 spiro atoms. The van der Waals surface area contributed by atoms with Gasteiger partial charge in [0.15, 0.2) is 11.5 Å². The third-order valence-corrected chi connectivity index (χ3v) is 2.12. The predicted octanol–water partition coefficient (Wildman–Crippen LogP) is 2.25. The van der Waals surface area contributed by atoms with E-state index in [1.807, 2.05) is 24.3 Å².